The van der Waals surface area contributed by atoms with E-state index in [1.807, 2.05) is 18.2 Å². The highest BCUT2D eigenvalue weighted by molar-refractivity contribution is 7.89. The number of rotatable bonds is 3. The van der Waals surface area contributed by atoms with Crippen molar-refractivity contribution < 1.29 is 4.39 Å². The molecule has 0 radical (unpaired) electrons. The smallest absolute Gasteiger partial charge is 0.138 e. The van der Waals surface area contributed by atoms with Crippen molar-refractivity contribution >= 4 is 16.8 Å². The molecule has 2 rings (SSSR count). The number of hydrogen-bond acceptors (Lipinski definition) is 2. The largest absolute Gasteiger partial charge is 0.271 e. The van der Waals surface area contributed by atoms with Gasteiger partial charge in [-0.2, -0.15) is 0 Å². The van der Waals surface area contributed by atoms with Crippen LogP contribution in [0.25, 0.3) is 6.08 Å². The zero-order valence-electron chi connectivity index (χ0n) is 9.01. The molecule has 1 aromatic heterocycles. The van der Waals surface area contributed by atoms with Crippen molar-refractivity contribution in [3.63, 3.8) is 0 Å². The molecule has 1 N–H and O–H groups in total. The minimum atomic E-state index is -0.991. The number of hydrogen-bond donors (Lipinski definition) is 1. The Balaban J connectivity index is 2.18. The van der Waals surface area contributed by atoms with E-state index in [0.717, 1.165) is 5.69 Å². The molecule has 0 spiro atoms. The van der Waals surface area contributed by atoms with E-state index in [1.54, 1.807) is 35.9 Å². The van der Waals surface area contributed by atoms with E-state index in [9.17, 15) is 4.39 Å². The Morgan fingerprint density at radius 1 is 1.12 bits per heavy atom. The molecule has 1 atom stereocenters. The first-order valence-electron chi connectivity index (χ1n) is 5.05. The van der Waals surface area contributed by atoms with Gasteiger partial charge in [-0.1, -0.05) is 18.2 Å². The van der Waals surface area contributed by atoms with E-state index in [-0.39, 0.29) is 5.82 Å². The molecule has 1 unspecified atom stereocenters. The molecule has 0 amide bonds. The fourth-order valence-electron chi connectivity index (χ4n) is 1.31. The minimum absolute atomic E-state index is 0.337. The fourth-order valence-corrected chi connectivity index (χ4v) is 2.23. The topological polar surface area (TPSA) is 36.7 Å². The highest BCUT2D eigenvalue weighted by Crippen LogP contribution is 2.13. The van der Waals surface area contributed by atoms with E-state index < -0.39 is 10.7 Å². The Morgan fingerprint density at radius 2 is 1.88 bits per heavy atom. The molecule has 17 heavy (non-hydrogen) atoms. The van der Waals surface area contributed by atoms with Crippen LogP contribution in [0.1, 0.15) is 5.69 Å². The summed E-state index contributed by atoms with van der Waals surface area (Å²) in [7, 11) is -0.991. The molecule has 0 aliphatic carbocycles. The summed E-state index contributed by atoms with van der Waals surface area (Å²) < 4.78 is 21.3. The molecule has 0 saturated carbocycles. The van der Waals surface area contributed by atoms with Gasteiger partial charge >= 0.3 is 0 Å². The molecule has 1 aromatic carbocycles. The second kappa shape index (κ2) is 5.50. The zero-order chi connectivity index (χ0) is 12.1. The lowest BCUT2D eigenvalue weighted by Gasteiger charge is -2.01. The Bertz CT molecular complexity index is 552. The number of nitrogens with one attached hydrogen (secondary N) is 1. The van der Waals surface area contributed by atoms with Crippen molar-refractivity contribution in [2.75, 3.05) is 0 Å². The number of benzene rings is 1. The molecule has 4 heteroatoms. The van der Waals surface area contributed by atoms with Gasteiger partial charge < -0.3 is 0 Å². The first-order chi connectivity index (χ1) is 8.27. The normalized spacial score (nSPS) is 12.8. The fraction of sp³-hybridized carbons (Fsp3) is 0. The van der Waals surface area contributed by atoms with Crippen molar-refractivity contribution in [3.8, 4) is 0 Å². The summed E-state index contributed by atoms with van der Waals surface area (Å²) in [6.07, 6.45) is 3.42. The Kier molecular flexibility index (Phi) is 3.77. The molecular weight excluding hydrogens is 235 g/mol. The highest BCUT2D eigenvalue weighted by atomic mass is 32.2. The van der Waals surface area contributed by atoms with Gasteiger partial charge in [0.05, 0.1) is 10.6 Å². The van der Waals surface area contributed by atoms with Crippen LogP contribution < -0.4 is 0 Å². The Morgan fingerprint density at radius 3 is 2.59 bits per heavy atom. The molecule has 86 valence electrons. The number of aromatic nitrogens is 1. The summed E-state index contributed by atoms with van der Waals surface area (Å²) >= 11 is 0. The van der Waals surface area contributed by atoms with Crippen LogP contribution in [-0.2, 0) is 10.7 Å². The van der Waals surface area contributed by atoms with Crippen molar-refractivity contribution in [1.29, 1.82) is 4.78 Å². The Hall–Kier alpha value is -1.81. The first-order valence-corrected chi connectivity index (χ1v) is 6.34. The standard InChI is InChI=1S/C13H11FN2S/c14-12-6-1-2-7-13(12)17(15)10-8-11-5-3-4-9-16-11/h1-10,15H/b10-8+. The third-order valence-electron chi connectivity index (χ3n) is 2.14. The monoisotopic (exact) mass is 246 g/mol. The van der Waals surface area contributed by atoms with Crippen LogP contribution in [0.4, 0.5) is 4.39 Å². The van der Waals surface area contributed by atoms with Gasteiger partial charge in [0.1, 0.15) is 5.82 Å². The summed E-state index contributed by atoms with van der Waals surface area (Å²) in [5.74, 6) is -0.337. The van der Waals surface area contributed by atoms with E-state index in [0.29, 0.717) is 4.90 Å². The predicted molar refractivity (Wildman–Crippen MR) is 68.0 cm³/mol. The molecular formula is C13H11FN2S. The summed E-state index contributed by atoms with van der Waals surface area (Å²) in [4.78, 5) is 4.51. The lowest BCUT2D eigenvalue weighted by atomic mass is 10.3. The summed E-state index contributed by atoms with van der Waals surface area (Å²) in [5, 5.41) is 1.65. The van der Waals surface area contributed by atoms with Crippen LogP contribution in [-0.4, -0.2) is 4.98 Å². The van der Waals surface area contributed by atoms with Gasteiger partial charge in [0.25, 0.3) is 0 Å². The number of halogens is 1. The van der Waals surface area contributed by atoms with Gasteiger partial charge in [0, 0.05) is 6.20 Å². The van der Waals surface area contributed by atoms with Gasteiger partial charge in [-0.3, -0.25) is 9.76 Å². The van der Waals surface area contributed by atoms with Crippen LogP contribution >= 0.6 is 0 Å². The lowest BCUT2D eigenvalue weighted by molar-refractivity contribution is 0.601. The third kappa shape index (κ3) is 3.07. The van der Waals surface area contributed by atoms with Crippen LogP contribution in [0.3, 0.4) is 0 Å². The molecule has 0 saturated heterocycles. The third-order valence-corrected chi connectivity index (χ3v) is 3.35. The molecule has 0 bridgehead atoms. The van der Waals surface area contributed by atoms with Crippen LogP contribution in [0, 0.1) is 10.6 Å². The van der Waals surface area contributed by atoms with Gasteiger partial charge in [-0.25, -0.2) is 4.39 Å². The SMILES string of the molecule is N=S(/C=C/c1ccccn1)c1ccccc1F. The van der Waals surface area contributed by atoms with Gasteiger partial charge in [0.2, 0.25) is 0 Å². The molecule has 0 fully saturated rings. The summed E-state index contributed by atoms with van der Waals surface area (Å²) in [6.45, 7) is 0. The molecule has 1 heterocycles. The van der Waals surface area contributed by atoms with Gasteiger partial charge in [0.15, 0.2) is 0 Å². The molecule has 0 aliphatic heterocycles. The first kappa shape index (κ1) is 11.7. The highest BCUT2D eigenvalue weighted by Gasteiger charge is 2.02. The van der Waals surface area contributed by atoms with Crippen molar-refractivity contribution in [2.24, 2.45) is 0 Å². The van der Waals surface area contributed by atoms with Crippen LogP contribution in [0.15, 0.2) is 59.0 Å². The minimum Gasteiger partial charge on any atom is -0.271 e. The quantitative estimate of drug-likeness (QED) is 0.882. The van der Waals surface area contributed by atoms with Crippen molar-refractivity contribution in [3.05, 3.63) is 65.6 Å². The van der Waals surface area contributed by atoms with E-state index in [4.69, 9.17) is 4.78 Å². The number of nitrogens with zero attached hydrogens (tertiary/aromatic N) is 1. The molecule has 2 nitrogen and oxygen atoms in total. The van der Waals surface area contributed by atoms with Gasteiger partial charge in [-0.15, -0.1) is 0 Å². The zero-order valence-corrected chi connectivity index (χ0v) is 9.82. The van der Waals surface area contributed by atoms with Crippen LogP contribution in [0.5, 0.6) is 0 Å². The molecule has 2 aromatic rings. The lowest BCUT2D eigenvalue weighted by Crippen LogP contribution is -1.89. The average molecular weight is 246 g/mol. The maximum absolute atomic E-state index is 13.4. The second-order valence-electron chi connectivity index (χ2n) is 3.33. The van der Waals surface area contributed by atoms with E-state index in [2.05, 4.69) is 4.98 Å². The second-order valence-corrected chi connectivity index (χ2v) is 4.71. The maximum Gasteiger partial charge on any atom is 0.138 e. The maximum atomic E-state index is 13.4. The predicted octanol–water partition coefficient (Wildman–Crippen LogP) is 3.63. The van der Waals surface area contributed by atoms with Gasteiger partial charge in [-0.05, 0) is 46.4 Å². The molecule has 0 aliphatic rings. The van der Waals surface area contributed by atoms with Crippen LogP contribution in [0.2, 0.25) is 0 Å². The van der Waals surface area contributed by atoms with Crippen molar-refractivity contribution in [1.82, 2.24) is 4.98 Å². The Labute approximate surface area is 102 Å². The van der Waals surface area contributed by atoms with E-state index in [1.165, 1.54) is 6.07 Å². The summed E-state index contributed by atoms with van der Waals surface area (Å²) in [6, 6.07) is 11.9. The average Bonchev–Trinajstić information content (AvgIpc) is 2.38. The number of pyridine rings is 1. The van der Waals surface area contributed by atoms with E-state index >= 15 is 0 Å². The van der Waals surface area contributed by atoms with Crippen molar-refractivity contribution in [2.45, 2.75) is 4.90 Å². The summed E-state index contributed by atoms with van der Waals surface area (Å²) in [5.41, 5.74) is 0.772.